The molecule has 17 heavy (non-hydrogen) atoms. The van der Waals surface area contributed by atoms with Gasteiger partial charge in [0.2, 0.25) is 0 Å². The van der Waals surface area contributed by atoms with Crippen molar-refractivity contribution in [2.24, 2.45) is 0 Å². The van der Waals surface area contributed by atoms with Crippen molar-refractivity contribution in [2.75, 3.05) is 32.1 Å². The van der Waals surface area contributed by atoms with E-state index in [0.717, 1.165) is 0 Å². The van der Waals surface area contributed by atoms with E-state index in [9.17, 15) is 0 Å². The number of nitrogens with zero attached hydrogens (tertiary/aromatic N) is 1. The highest BCUT2D eigenvalue weighted by atomic mass is 32.2. The molecule has 2 atom stereocenters. The van der Waals surface area contributed by atoms with Crippen LogP contribution < -0.4 is 5.32 Å². The minimum atomic E-state index is 0.575. The van der Waals surface area contributed by atoms with Crippen LogP contribution in [-0.4, -0.2) is 49.1 Å². The van der Waals surface area contributed by atoms with Crippen molar-refractivity contribution in [2.45, 2.75) is 44.2 Å². The predicted octanol–water partition coefficient (Wildman–Crippen LogP) is 2.51. The molecule has 1 saturated heterocycles. The van der Waals surface area contributed by atoms with Crippen LogP contribution in [0.4, 0.5) is 0 Å². The maximum Gasteiger partial charge on any atom is 0.0442 e. The van der Waals surface area contributed by atoms with Crippen LogP contribution in [0.5, 0.6) is 0 Å². The van der Waals surface area contributed by atoms with Gasteiger partial charge in [-0.05, 0) is 39.8 Å². The van der Waals surface area contributed by atoms with E-state index in [2.05, 4.69) is 42.1 Å². The third kappa shape index (κ3) is 3.49. The highest BCUT2D eigenvalue weighted by Gasteiger charge is 2.29. The molecule has 2 aliphatic rings. The van der Waals surface area contributed by atoms with Crippen LogP contribution in [0.15, 0.2) is 11.6 Å². The second-order valence-electron chi connectivity index (χ2n) is 5.27. The van der Waals surface area contributed by atoms with Crippen molar-refractivity contribution in [3.05, 3.63) is 11.6 Å². The van der Waals surface area contributed by atoms with Gasteiger partial charge in [0.25, 0.3) is 0 Å². The highest BCUT2D eigenvalue weighted by Crippen LogP contribution is 2.26. The lowest BCUT2D eigenvalue weighted by Gasteiger charge is -2.38. The molecule has 0 aromatic carbocycles. The fourth-order valence-corrected chi connectivity index (χ4v) is 4.28. The van der Waals surface area contributed by atoms with Crippen molar-refractivity contribution in [1.82, 2.24) is 10.2 Å². The lowest BCUT2D eigenvalue weighted by Crippen LogP contribution is -2.52. The number of nitrogens with one attached hydrogen (secondary N) is 1. The van der Waals surface area contributed by atoms with Crippen LogP contribution in [0.1, 0.15) is 32.1 Å². The summed E-state index contributed by atoms with van der Waals surface area (Å²) in [5, 5.41) is 3.58. The average Bonchev–Trinajstić information content (AvgIpc) is 2.62. The number of hydrogen-bond donors (Lipinski definition) is 1. The molecular formula is C14H26N2S. The first-order valence-electron chi connectivity index (χ1n) is 6.97. The molecule has 1 N–H and O–H groups in total. The minimum Gasteiger partial charge on any atom is -0.312 e. The standard InChI is InChI=1S/C14H26N2S/c1-15-14(12-7-5-3-4-6-8-12)13-11-17-10-9-16(13)2/h7,13-15H,3-6,8-11H2,1-2H3. The summed E-state index contributed by atoms with van der Waals surface area (Å²) in [6.45, 7) is 1.24. The van der Waals surface area contributed by atoms with Gasteiger partial charge in [0.15, 0.2) is 0 Å². The molecule has 0 amide bonds. The molecule has 0 aromatic heterocycles. The number of allylic oxidation sites excluding steroid dienone is 1. The first-order valence-corrected chi connectivity index (χ1v) is 8.12. The molecule has 0 aromatic rings. The number of thioether (sulfide) groups is 1. The molecule has 1 aliphatic carbocycles. The van der Waals surface area contributed by atoms with Crippen molar-refractivity contribution in [3.8, 4) is 0 Å². The summed E-state index contributed by atoms with van der Waals surface area (Å²) in [7, 11) is 4.41. The lowest BCUT2D eigenvalue weighted by atomic mass is 9.95. The summed E-state index contributed by atoms with van der Waals surface area (Å²) in [6.07, 6.45) is 9.29. The molecule has 1 heterocycles. The monoisotopic (exact) mass is 254 g/mol. The van der Waals surface area contributed by atoms with E-state index < -0.39 is 0 Å². The molecular weight excluding hydrogens is 228 g/mol. The highest BCUT2D eigenvalue weighted by molar-refractivity contribution is 7.99. The first kappa shape index (κ1) is 13.4. The average molecular weight is 254 g/mol. The zero-order chi connectivity index (χ0) is 12.1. The third-order valence-electron chi connectivity index (χ3n) is 4.11. The van der Waals surface area contributed by atoms with Crippen LogP contribution in [0, 0.1) is 0 Å². The predicted molar refractivity (Wildman–Crippen MR) is 77.8 cm³/mol. The van der Waals surface area contributed by atoms with Gasteiger partial charge in [0.1, 0.15) is 0 Å². The van der Waals surface area contributed by atoms with Crippen molar-refractivity contribution in [1.29, 1.82) is 0 Å². The van der Waals surface area contributed by atoms with E-state index in [1.54, 1.807) is 5.57 Å². The fourth-order valence-electron chi connectivity index (χ4n) is 3.00. The zero-order valence-electron chi connectivity index (χ0n) is 11.2. The Bertz CT molecular complexity index is 265. The topological polar surface area (TPSA) is 15.3 Å². The van der Waals surface area contributed by atoms with Crippen molar-refractivity contribution in [3.63, 3.8) is 0 Å². The van der Waals surface area contributed by atoms with Crippen molar-refractivity contribution >= 4 is 11.8 Å². The van der Waals surface area contributed by atoms with Crippen LogP contribution in [-0.2, 0) is 0 Å². The Hall–Kier alpha value is 0.01000. The summed E-state index contributed by atoms with van der Waals surface area (Å²) in [6, 6.07) is 1.26. The summed E-state index contributed by atoms with van der Waals surface area (Å²) in [4.78, 5) is 2.55. The molecule has 0 spiro atoms. The molecule has 1 fully saturated rings. The Kier molecular flexibility index (Phi) is 5.39. The Balaban J connectivity index is 2.05. The van der Waals surface area contributed by atoms with E-state index >= 15 is 0 Å². The summed E-state index contributed by atoms with van der Waals surface area (Å²) >= 11 is 2.11. The van der Waals surface area contributed by atoms with Gasteiger partial charge in [0.05, 0.1) is 0 Å². The first-order chi connectivity index (χ1) is 8.33. The number of rotatable bonds is 3. The largest absolute Gasteiger partial charge is 0.312 e. The van der Waals surface area contributed by atoms with Gasteiger partial charge in [0, 0.05) is 30.1 Å². The molecule has 3 heteroatoms. The van der Waals surface area contributed by atoms with Gasteiger partial charge in [-0.1, -0.05) is 18.1 Å². The Morgan fingerprint density at radius 1 is 1.41 bits per heavy atom. The maximum absolute atomic E-state index is 3.58. The normalized spacial score (nSPS) is 29.5. The lowest BCUT2D eigenvalue weighted by molar-refractivity contribution is 0.233. The smallest absolute Gasteiger partial charge is 0.0442 e. The molecule has 2 unspecified atom stereocenters. The van der Waals surface area contributed by atoms with Crippen LogP contribution >= 0.6 is 11.8 Å². The van der Waals surface area contributed by atoms with E-state index in [4.69, 9.17) is 0 Å². The molecule has 2 nitrogen and oxygen atoms in total. The molecule has 2 rings (SSSR count). The van der Waals surface area contributed by atoms with Gasteiger partial charge in [-0.3, -0.25) is 4.90 Å². The summed E-state index contributed by atoms with van der Waals surface area (Å²) in [5.74, 6) is 2.57. The van der Waals surface area contributed by atoms with E-state index in [-0.39, 0.29) is 0 Å². The SMILES string of the molecule is CNC(C1=CCCCCC1)C1CSCCN1C. The summed E-state index contributed by atoms with van der Waals surface area (Å²) in [5.41, 5.74) is 1.67. The number of likely N-dealkylation sites (N-methyl/N-ethyl adjacent to an activating group) is 2. The maximum atomic E-state index is 3.58. The van der Waals surface area contributed by atoms with Crippen LogP contribution in [0.25, 0.3) is 0 Å². The molecule has 0 saturated carbocycles. The van der Waals surface area contributed by atoms with Gasteiger partial charge in [-0.2, -0.15) is 11.8 Å². The van der Waals surface area contributed by atoms with Crippen LogP contribution in [0.3, 0.4) is 0 Å². The molecule has 1 aliphatic heterocycles. The van der Waals surface area contributed by atoms with Gasteiger partial charge in [-0.15, -0.1) is 0 Å². The minimum absolute atomic E-state index is 0.575. The third-order valence-corrected chi connectivity index (χ3v) is 5.16. The Morgan fingerprint density at radius 3 is 3.06 bits per heavy atom. The van der Waals surface area contributed by atoms with Gasteiger partial charge < -0.3 is 5.32 Å². The fraction of sp³-hybridized carbons (Fsp3) is 0.857. The molecule has 0 radical (unpaired) electrons. The zero-order valence-corrected chi connectivity index (χ0v) is 12.1. The van der Waals surface area contributed by atoms with E-state index in [1.165, 1.54) is 50.2 Å². The second kappa shape index (κ2) is 6.81. The van der Waals surface area contributed by atoms with Crippen molar-refractivity contribution < 1.29 is 0 Å². The second-order valence-corrected chi connectivity index (χ2v) is 6.42. The van der Waals surface area contributed by atoms with E-state index in [1.807, 2.05) is 0 Å². The molecule has 98 valence electrons. The van der Waals surface area contributed by atoms with Crippen LogP contribution in [0.2, 0.25) is 0 Å². The Labute approximate surface area is 110 Å². The van der Waals surface area contributed by atoms with E-state index in [0.29, 0.717) is 12.1 Å². The summed E-state index contributed by atoms with van der Waals surface area (Å²) < 4.78 is 0. The number of hydrogen-bond acceptors (Lipinski definition) is 3. The van der Waals surface area contributed by atoms with Gasteiger partial charge in [-0.25, -0.2) is 0 Å². The Morgan fingerprint density at radius 2 is 2.29 bits per heavy atom. The van der Waals surface area contributed by atoms with Gasteiger partial charge >= 0.3 is 0 Å². The quantitative estimate of drug-likeness (QED) is 0.779. The molecule has 0 bridgehead atoms.